The topological polar surface area (TPSA) is 200 Å². The van der Waals surface area contributed by atoms with Crippen LogP contribution in [0.15, 0.2) is 88.4 Å². The molecule has 1 heterocycles. The molecule has 66 heavy (non-hydrogen) atoms. The first-order chi connectivity index (χ1) is 31.7. The normalized spacial score (nSPS) is 12.5. The number of hydrogen-bond acceptors (Lipinski definition) is 15. The van der Waals surface area contributed by atoms with Gasteiger partial charge in [-0.1, -0.05) is 57.2 Å². The Morgan fingerprint density at radius 2 is 0.576 bits per heavy atom. The molecule has 0 saturated heterocycles. The second-order valence-electron chi connectivity index (χ2n) is 15.8. The number of rotatable bonds is 36. The Morgan fingerprint density at radius 1 is 0.379 bits per heavy atom. The zero-order chi connectivity index (χ0) is 49.3. The predicted octanol–water partition coefficient (Wildman–Crippen LogP) is 6.46. The van der Waals surface area contributed by atoms with Crippen LogP contribution in [0.4, 0.5) is 0 Å². The Hall–Kier alpha value is -5.94. The van der Waals surface area contributed by atoms with E-state index >= 15 is 0 Å². The third kappa shape index (κ3) is 20.5. The summed E-state index contributed by atoms with van der Waals surface area (Å²) in [7, 11) is 0. The highest BCUT2D eigenvalue weighted by Gasteiger charge is 2.34. The molecule has 0 aromatic carbocycles. The van der Waals surface area contributed by atoms with Crippen molar-refractivity contribution in [1.82, 2.24) is 13.7 Å². The third-order valence-electron chi connectivity index (χ3n) is 10.6. The molecule has 1 aromatic heterocycles. The number of hydrogen-bond donors (Lipinski definition) is 0. The van der Waals surface area contributed by atoms with Gasteiger partial charge < -0.3 is 42.6 Å². The standard InChI is InChI=1S/C48H75N3O15/c1-10-25-58-31-46(16-7,32-59-26-11-2)37-64-40(52)19-22-49-43(55)50(23-20-41(53)65-38-47(17-8,33-60-27-12-3)34-61-28-13-4)45(57)51(44(49)56)24-21-42(54)66-39-48(18-9,35-62-29-14-5)36-63-30-15-6/h10-15,25-30H,16-24,31-39H2,1-9H3/b25-10+,26-11+,27-12+,28-13+,29-14+,30-15+. The van der Waals surface area contributed by atoms with Crippen molar-refractivity contribution in [2.75, 3.05) is 59.5 Å². The summed E-state index contributed by atoms with van der Waals surface area (Å²) < 4.78 is 52.9. The molecule has 0 N–H and O–H groups in total. The van der Waals surface area contributed by atoms with Crippen molar-refractivity contribution >= 4 is 17.9 Å². The summed E-state index contributed by atoms with van der Waals surface area (Å²) >= 11 is 0. The van der Waals surface area contributed by atoms with Gasteiger partial charge in [-0.2, -0.15) is 0 Å². The van der Waals surface area contributed by atoms with E-state index in [1.165, 1.54) is 37.6 Å². The largest absolute Gasteiger partial charge is 0.501 e. The SMILES string of the molecule is C/C=C/OCC(CC)(CO/C=C/C)COC(=O)CCn1c(=O)n(CCC(=O)OCC(CC)(CO/C=C/C)CO/C=C/C)c(=O)n(CCC(=O)OCC(CC)(CO/C=C/C)CO/C=C/C)c1=O. The van der Waals surface area contributed by atoms with Gasteiger partial charge in [0.05, 0.1) is 113 Å². The molecule has 0 spiro atoms. The summed E-state index contributed by atoms with van der Waals surface area (Å²) in [4.78, 5) is 81.3. The minimum Gasteiger partial charge on any atom is -0.501 e. The van der Waals surface area contributed by atoms with Gasteiger partial charge in [-0.15, -0.1) is 0 Å². The van der Waals surface area contributed by atoms with Crippen molar-refractivity contribution in [3.05, 3.63) is 105 Å². The van der Waals surface area contributed by atoms with Gasteiger partial charge in [-0.05, 0) is 60.8 Å². The zero-order valence-electron chi connectivity index (χ0n) is 40.6. The summed E-state index contributed by atoms with van der Waals surface area (Å²) in [6.45, 7) is 15.9. The quantitative estimate of drug-likeness (QED) is 0.0403. The number of ether oxygens (including phenoxy) is 9. The number of nitrogens with zero attached hydrogens (tertiary/aromatic N) is 3. The first-order valence-electron chi connectivity index (χ1n) is 22.5. The fraction of sp³-hybridized carbons (Fsp3) is 0.625. The van der Waals surface area contributed by atoms with Crippen LogP contribution >= 0.6 is 0 Å². The highest BCUT2D eigenvalue weighted by atomic mass is 16.6. The van der Waals surface area contributed by atoms with Crippen LogP contribution in [-0.2, 0) is 76.6 Å². The summed E-state index contributed by atoms with van der Waals surface area (Å²) in [6.07, 6.45) is 19.7. The molecule has 0 saturated carbocycles. The van der Waals surface area contributed by atoms with E-state index in [-0.39, 0.29) is 59.5 Å². The average molecular weight is 934 g/mol. The molecule has 0 fully saturated rings. The smallest absolute Gasteiger partial charge is 0.336 e. The molecule has 18 heteroatoms. The number of carbonyl (C=O) groups is 3. The number of aromatic nitrogens is 3. The van der Waals surface area contributed by atoms with E-state index in [2.05, 4.69) is 0 Å². The predicted molar refractivity (Wildman–Crippen MR) is 249 cm³/mol. The van der Waals surface area contributed by atoms with Gasteiger partial charge in [0.15, 0.2) is 0 Å². The van der Waals surface area contributed by atoms with Crippen molar-refractivity contribution in [2.24, 2.45) is 16.2 Å². The Morgan fingerprint density at radius 3 is 0.742 bits per heavy atom. The van der Waals surface area contributed by atoms with E-state index in [9.17, 15) is 28.8 Å². The summed E-state index contributed by atoms with van der Waals surface area (Å²) in [5, 5.41) is 0. The maximum absolute atomic E-state index is 13.9. The summed E-state index contributed by atoms with van der Waals surface area (Å²) in [5.41, 5.74) is -5.36. The molecule has 1 rings (SSSR count). The fourth-order valence-electron chi connectivity index (χ4n) is 6.00. The maximum atomic E-state index is 13.9. The first-order valence-corrected chi connectivity index (χ1v) is 22.5. The lowest BCUT2D eigenvalue weighted by atomic mass is 9.88. The number of carbonyl (C=O) groups excluding carboxylic acids is 3. The van der Waals surface area contributed by atoms with Crippen molar-refractivity contribution in [1.29, 1.82) is 0 Å². The van der Waals surface area contributed by atoms with Gasteiger partial charge in [-0.3, -0.25) is 14.4 Å². The molecule has 0 bridgehead atoms. The minimum atomic E-state index is -1.07. The summed E-state index contributed by atoms with van der Waals surface area (Å²) in [5.74, 6) is -2.21. The lowest BCUT2D eigenvalue weighted by Crippen LogP contribution is -2.55. The monoisotopic (exact) mass is 934 g/mol. The zero-order valence-corrected chi connectivity index (χ0v) is 40.6. The molecule has 0 unspecified atom stereocenters. The van der Waals surface area contributed by atoms with E-state index < -0.39 is 90.1 Å². The molecule has 0 amide bonds. The van der Waals surface area contributed by atoms with Gasteiger partial charge in [0, 0.05) is 19.6 Å². The van der Waals surface area contributed by atoms with Crippen LogP contribution in [0.2, 0.25) is 0 Å². The first kappa shape index (κ1) is 58.1. The van der Waals surface area contributed by atoms with Crippen LogP contribution in [0.5, 0.6) is 0 Å². The Bertz CT molecular complexity index is 1660. The summed E-state index contributed by atoms with van der Waals surface area (Å²) in [6, 6.07) is 0. The highest BCUT2D eigenvalue weighted by molar-refractivity contribution is 5.70. The van der Waals surface area contributed by atoms with E-state index in [1.807, 2.05) is 20.8 Å². The van der Waals surface area contributed by atoms with Gasteiger partial charge in [-0.25, -0.2) is 28.1 Å². The van der Waals surface area contributed by atoms with Crippen LogP contribution in [0.3, 0.4) is 0 Å². The van der Waals surface area contributed by atoms with Crippen molar-refractivity contribution in [3.63, 3.8) is 0 Å². The van der Waals surface area contributed by atoms with Crippen LogP contribution in [0.25, 0.3) is 0 Å². The van der Waals surface area contributed by atoms with E-state index in [0.29, 0.717) is 33.0 Å². The third-order valence-corrected chi connectivity index (χ3v) is 10.6. The fourth-order valence-corrected chi connectivity index (χ4v) is 6.00. The Kier molecular flexibility index (Phi) is 28.8. The van der Waals surface area contributed by atoms with E-state index in [0.717, 1.165) is 0 Å². The second-order valence-corrected chi connectivity index (χ2v) is 15.8. The van der Waals surface area contributed by atoms with Crippen LogP contribution in [0, 0.1) is 16.2 Å². The van der Waals surface area contributed by atoms with Crippen molar-refractivity contribution < 1.29 is 57.0 Å². The van der Waals surface area contributed by atoms with Crippen molar-refractivity contribution in [3.8, 4) is 0 Å². The maximum Gasteiger partial charge on any atom is 0.336 e. The average Bonchev–Trinajstić information content (AvgIpc) is 3.31. The minimum absolute atomic E-state index is 0.0926. The molecule has 0 aliphatic carbocycles. The molecular weight excluding hydrogens is 859 g/mol. The van der Waals surface area contributed by atoms with Crippen LogP contribution < -0.4 is 17.1 Å². The highest BCUT2D eigenvalue weighted by Crippen LogP contribution is 2.27. The van der Waals surface area contributed by atoms with Crippen LogP contribution in [0.1, 0.15) is 101 Å². The van der Waals surface area contributed by atoms with E-state index in [1.54, 1.807) is 78.0 Å². The molecule has 372 valence electrons. The van der Waals surface area contributed by atoms with Gasteiger partial charge in [0.25, 0.3) is 0 Å². The van der Waals surface area contributed by atoms with E-state index in [4.69, 9.17) is 42.6 Å². The van der Waals surface area contributed by atoms with Crippen molar-refractivity contribution in [2.45, 2.75) is 120 Å². The van der Waals surface area contributed by atoms with Gasteiger partial charge in [0.1, 0.15) is 19.8 Å². The molecular formula is C48H75N3O15. The molecule has 1 aromatic rings. The molecule has 0 aliphatic rings. The number of esters is 3. The Labute approximate surface area is 389 Å². The molecule has 0 aliphatic heterocycles. The van der Waals surface area contributed by atoms with Crippen LogP contribution in [-0.4, -0.2) is 91.1 Å². The van der Waals surface area contributed by atoms with Gasteiger partial charge >= 0.3 is 35.0 Å². The molecule has 0 radical (unpaired) electrons. The molecule has 0 atom stereocenters. The number of allylic oxidation sites excluding steroid dienone is 6. The second kappa shape index (κ2) is 32.7. The Balaban J connectivity index is 3.50. The lowest BCUT2D eigenvalue weighted by Gasteiger charge is -2.30. The van der Waals surface area contributed by atoms with Gasteiger partial charge in [0.2, 0.25) is 0 Å². The lowest BCUT2D eigenvalue weighted by molar-refractivity contribution is -0.151. The molecule has 18 nitrogen and oxygen atoms in total.